The number of thioether (sulfide) groups is 2. The van der Waals surface area contributed by atoms with E-state index in [0.29, 0.717) is 5.75 Å². The molecule has 2 N–H and O–H groups in total. The molecule has 1 heterocycles. The molecule has 0 spiro atoms. The summed E-state index contributed by atoms with van der Waals surface area (Å²) < 4.78 is 0. The molecule has 1 aromatic carbocycles. The van der Waals surface area contributed by atoms with E-state index in [0.717, 1.165) is 29.0 Å². The van der Waals surface area contributed by atoms with Gasteiger partial charge in [0, 0.05) is 0 Å². The number of carbonyl (C=O) groups excluding carboxylic acids is 1. The molecule has 0 aliphatic rings. The van der Waals surface area contributed by atoms with Gasteiger partial charge in [0.1, 0.15) is 5.82 Å². The highest BCUT2D eigenvalue weighted by molar-refractivity contribution is 7.99. The normalized spacial score (nSPS) is 12.5. The fourth-order valence-corrected chi connectivity index (χ4v) is 2.83. The van der Waals surface area contributed by atoms with Crippen molar-refractivity contribution in [3.05, 3.63) is 30.1 Å². The van der Waals surface area contributed by atoms with Gasteiger partial charge in [-0.2, -0.15) is 23.5 Å². The number of aromatic nitrogens is 2. The van der Waals surface area contributed by atoms with Gasteiger partial charge in [0.2, 0.25) is 5.91 Å². The highest BCUT2D eigenvalue weighted by Crippen LogP contribution is 2.20. The molecule has 1 atom stereocenters. The van der Waals surface area contributed by atoms with Crippen LogP contribution >= 0.6 is 23.5 Å². The van der Waals surface area contributed by atoms with Crippen molar-refractivity contribution in [2.75, 3.05) is 24.0 Å². The van der Waals surface area contributed by atoms with Crippen LogP contribution in [0.5, 0.6) is 0 Å². The number of nitrogens with zero attached hydrogens (tertiary/aromatic N) is 1. The van der Waals surface area contributed by atoms with E-state index in [4.69, 9.17) is 0 Å². The summed E-state index contributed by atoms with van der Waals surface area (Å²) in [6, 6.07) is 7.88. The van der Waals surface area contributed by atoms with Crippen molar-refractivity contribution in [3.63, 3.8) is 0 Å². The van der Waals surface area contributed by atoms with Gasteiger partial charge in [0.25, 0.3) is 0 Å². The summed E-state index contributed by atoms with van der Waals surface area (Å²) >= 11 is 3.30. The van der Waals surface area contributed by atoms with Gasteiger partial charge in [-0.15, -0.1) is 0 Å². The Hall–Kier alpha value is -1.14. The molecule has 20 heavy (non-hydrogen) atoms. The van der Waals surface area contributed by atoms with Crippen molar-refractivity contribution < 1.29 is 4.79 Å². The minimum atomic E-state index is -0.0468. The predicted molar refractivity (Wildman–Crippen MR) is 88.4 cm³/mol. The van der Waals surface area contributed by atoms with E-state index in [1.807, 2.05) is 30.5 Å². The van der Waals surface area contributed by atoms with Crippen molar-refractivity contribution in [2.24, 2.45) is 0 Å². The highest BCUT2D eigenvalue weighted by Gasteiger charge is 2.17. The maximum atomic E-state index is 11.8. The Morgan fingerprint density at radius 2 is 2.15 bits per heavy atom. The summed E-state index contributed by atoms with van der Waals surface area (Å²) in [4.78, 5) is 19.7. The van der Waals surface area contributed by atoms with Gasteiger partial charge in [-0.25, -0.2) is 4.98 Å². The van der Waals surface area contributed by atoms with Crippen LogP contribution in [0.25, 0.3) is 11.0 Å². The summed E-state index contributed by atoms with van der Waals surface area (Å²) in [5.41, 5.74) is 1.95. The highest BCUT2D eigenvalue weighted by atomic mass is 32.2. The predicted octanol–water partition coefficient (Wildman–Crippen LogP) is 2.84. The fourth-order valence-electron chi connectivity index (χ4n) is 2.02. The molecule has 0 aliphatic carbocycles. The molecular formula is C14H19N3OS2. The summed E-state index contributed by atoms with van der Waals surface area (Å²) in [5, 5.41) is 3.06. The maximum absolute atomic E-state index is 11.8. The summed E-state index contributed by atoms with van der Waals surface area (Å²) in [7, 11) is 0. The van der Waals surface area contributed by atoms with Crippen molar-refractivity contribution in [3.8, 4) is 0 Å². The summed E-state index contributed by atoms with van der Waals surface area (Å²) in [6.07, 6.45) is 4.87. The van der Waals surface area contributed by atoms with Crippen LogP contribution in [0.4, 0.5) is 0 Å². The number of nitrogens with one attached hydrogen (secondary N) is 2. The first-order chi connectivity index (χ1) is 9.74. The Morgan fingerprint density at radius 1 is 1.35 bits per heavy atom. The molecule has 1 amide bonds. The van der Waals surface area contributed by atoms with Crippen molar-refractivity contribution in [1.29, 1.82) is 0 Å². The topological polar surface area (TPSA) is 57.8 Å². The van der Waals surface area contributed by atoms with E-state index < -0.39 is 0 Å². The Morgan fingerprint density at radius 3 is 2.85 bits per heavy atom. The number of H-pyrrole nitrogens is 1. The third-order valence-electron chi connectivity index (χ3n) is 2.96. The van der Waals surface area contributed by atoms with Crippen LogP contribution in [0.2, 0.25) is 0 Å². The molecular weight excluding hydrogens is 290 g/mol. The van der Waals surface area contributed by atoms with E-state index >= 15 is 0 Å². The van der Waals surface area contributed by atoms with Crippen LogP contribution in [-0.2, 0) is 4.79 Å². The average Bonchev–Trinajstić information content (AvgIpc) is 2.87. The van der Waals surface area contributed by atoms with Crippen LogP contribution in [0.3, 0.4) is 0 Å². The number of carbonyl (C=O) groups is 1. The number of imidazole rings is 1. The molecule has 0 saturated carbocycles. The first-order valence-electron chi connectivity index (χ1n) is 6.46. The molecule has 0 saturated heterocycles. The quantitative estimate of drug-likeness (QED) is 0.826. The summed E-state index contributed by atoms with van der Waals surface area (Å²) in [6.45, 7) is 0. The van der Waals surface area contributed by atoms with Gasteiger partial charge in [0.05, 0.1) is 22.8 Å². The third-order valence-corrected chi connectivity index (χ3v) is 4.15. The molecule has 0 aliphatic heterocycles. The zero-order chi connectivity index (χ0) is 14.4. The minimum absolute atomic E-state index is 0.0468. The summed E-state index contributed by atoms with van der Waals surface area (Å²) in [5.74, 6) is 2.37. The zero-order valence-electron chi connectivity index (χ0n) is 11.7. The Balaban J connectivity index is 2.18. The van der Waals surface area contributed by atoms with Gasteiger partial charge < -0.3 is 10.3 Å². The standard InChI is InChI=1S/C14H19N3OS2/c1-19-8-7-12(15-13(18)9-20-2)14-16-10-5-3-4-6-11(10)17-14/h3-6,12H,7-9H2,1-2H3,(H,15,18)(H,16,17). The second-order valence-corrected chi connectivity index (χ2v) is 6.33. The Labute approximate surface area is 127 Å². The lowest BCUT2D eigenvalue weighted by Crippen LogP contribution is -2.31. The monoisotopic (exact) mass is 309 g/mol. The molecule has 2 aromatic rings. The number of para-hydroxylation sites is 2. The number of rotatable bonds is 7. The lowest BCUT2D eigenvalue weighted by Gasteiger charge is -2.15. The number of hydrogen-bond acceptors (Lipinski definition) is 4. The number of fused-ring (bicyclic) bond motifs is 1. The van der Waals surface area contributed by atoms with Crippen LogP contribution in [0.15, 0.2) is 24.3 Å². The second-order valence-electron chi connectivity index (χ2n) is 4.47. The molecule has 1 unspecified atom stereocenters. The van der Waals surface area contributed by atoms with E-state index in [1.165, 1.54) is 11.8 Å². The van der Waals surface area contributed by atoms with Gasteiger partial charge in [-0.3, -0.25) is 4.79 Å². The molecule has 4 nitrogen and oxygen atoms in total. The SMILES string of the molecule is CSCCC(NC(=O)CSC)c1nc2ccccc2[nH]1. The molecule has 1 aromatic heterocycles. The number of aromatic amines is 1. The van der Waals surface area contributed by atoms with E-state index in [1.54, 1.807) is 11.8 Å². The lowest BCUT2D eigenvalue weighted by molar-refractivity contribution is -0.119. The van der Waals surface area contributed by atoms with Crippen molar-refractivity contribution in [1.82, 2.24) is 15.3 Å². The maximum Gasteiger partial charge on any atom is 0.230 e. The Kier molecular flexibility index (Phi) is 5.79. The number of amides is 1. The lowest BCUT2D eigenvalue weighted by atomic mass is 10.2. The molecule has 0 radical (unpaired) electrons. The van der Waals surface area contributed by atoms with Gasteiger partial charge in [-0.1, -0.05) is 12.1 Å². The zero-order valence-corrected chi connectivity index (χ0v) is 13.3. The molecule has 6 heteroatoms. The van der Waals surface area contributed by atoms with Gasteiger partial charge in [-0.05, 0) is 36.8 Å². The third kappa shape index (κ3) is 3.93. The Bertz CT molecular complexity index is 537. The second kappa shape index (κ2) is 7.59. The average molecular weight is 309 g/mol. The van der Waals surface area contributed by atoms with Crippen LogP contribution < -0.4 is 5.32 Å². The first kappa shape index (κ1) is 15.3. The molecule has 2 rings (SSSR count). The molecule has 0 bridgehead atoms. The number of benzene rings is 1. The van der Waals surface area contributed by atoms with Crippen molar-refractivity contribution in [2.45, 2.75) is 12.5 Å². The van der Waals surface area contributed by atoms with Crippen LogP contribution in [0, 0.1) is 0 Å². The van der Waals surface area contributed by atoms with Gasteiger partial charge >= 0.3 is 0 Å². The van der Waals surface area contributed by atoms with Crippen molar-refractivity contribution >= 4 is 40.5 Å². The smallest absolute Gasteiger partial charge is 0.230 e. The van der Waals surface area contributed by atoms with Crippen LogP contribution in [-0.4, -0.2) is 39.9 Å². The number of hydrogen-bond donors (Lipinski definition) is 2. The van der Waals surface area contributed by atoms with Gasteiger partial charge in [0.15, 0.2) is 0 Å². The van der Waals surface area contributed by atoms with E-state index in [2.05, 4.69) is 21.5 Å². The first-order valence-corrected chi connectivity index (χ1v) is 9.25. The minimum Gasteiger partial charge on any atom is -0.345 e. The van der Waals surface area contributed by atoms with Crippen LogP contribution in [0.1, 0.15) is 18.3 Å². The largest absolute Gasteiger partial charge is 0.345 e. The molecule has 0 fully saturated rings. The molecule has 108 valence electrons. The van der Waals surface area contributed by atoms with E-state index in [9.17, 15) is 4.79 Å². The fraction of sp³-hybridized carbons (Fsp3) is 0.429. The van der Waals surface area contributed by atoms with E-state index in [-0.39, 0.29) is 11.9 Å².